The van der Waals surface area contributed by atoms with Gasteiger partial charge in [-0.25, -0.2) is 0 Å². The predicted molar refractivity (Wildman–Crippen MR) is 116 cm³/mol. The summed E-state index contributed by atoms with van der Waals surface area (Å²) in [6, 6.07) is 19.4. The molecule has 5 rings (SSSR count). The standard InChI is InChI=1S/C24H19N3O3/c1-14-16-12-11-15-7-3-4-8-17(15)22(16)30-21(14)24(29)26-25-23(28)19-13-27(2)20-10-6-5-9-18(19)20/h3-13H,1-2H3,(H,25,28)(H,26,29). The van der Waals surface area contributed by atoms with Crippen LogP contribution < -0.4 is 10.9 Å². The average Bonchev–Trinajstić information content (AvgIpc) is 3.29. The summed E-state index contributed by atoms with van der Waals surface area (Å²) in [6.07, 6.45) is 1.74. The Hall–Kier alpha value is -4.06. The molecule has 0 radical (unpaired) electrons. The largest absolute Gasteiger partial charge is 0.450 e. The molecule has 0 aliphatic heterocycles. The van der Waals surface area contributed by atoms with Gasteiger partial charge in [-0.2, -0.15) is 0 Å². The predicted octanol–water partition coefficient (Wildman–Crippen LogP) is 4.46. The van der Waals surface area contributed by atoms with Gasteiger partial charge >= 0.3 is 5.91 Å². The van der Waals surface area contributed by atoms with Crippen LogP contribution in [-0.2, 0) is 7.05 Å². The van der Waals surface area contributed by atoms with E-state index in [0.717, 1.165) is 32.6 Å². The van der Waals surface area contributed by atoms with Crippen molar-refractivity contribution in [1.29, 1.82) is 0 Å². The highest BCUT2D eigenvalue weighted by molar-refractivity contribution is 6.10. The Bertz CT molecular complexity index is 1460. The molecule has 0 aliphatic carbocycles. The molecule has 0 fully saturated rings. The molecule has 2 heterocycles. The number of aryl methyl sites for hydroxylation is 2. The van der Waals surface area contributed by atoms with Crippen molar-refractivity contribution in [3.8, 4) is 0 Å². The number of para-hydroxylation sites is 1. The number of amides is 2. The number of hydrazine groups is 1. The fourth-order valence-corrected chi connectivity index (χ4v) is 3.93. The van der Waals surface area contributed by atoms with Gasteiger partial charge < -0.3 is 8.98 Å². The number of nitrogens with zero attached hydrogens (tertiary/aromatic N) is 1. The van der Waals surface area contributed by atoms with Gasteiger partial charge in [-0.15, -0.1) is 0 Å². The molecule has 6 nitrogen and oxygen atoms in total. The smallest absolute Gasteiger partial charge is 0.305 e. The molecule has 0 saturated carbocycles. The lowest BCUT2D eigenvalue weighted by molar-refractivity contribution is 0.0832. The fourth-order valence-electron chi connectivity index (χ4n) is 3.93. The maximum Gasteiger partial charge on any atom is 0.305 e. The fraction of sp³-hybridized carbons (Fsp3) is 0.0833. The van der Waals surface area contributed by atoms with E-state index in [1.54, 1.807) is 6.20 Å². The van der Waals surface area contributed by atoms with Gasteiger partial charge in [0.05, 0.1) is 5.56 Å². The van der Waals surface area contributed by atoms with Crippen LogP contribution in [0.3, 0.4) is 0 Å². The number of furan rings is 1. The number of carbonyl (C=O) groups is 2. The van der Waals surface area contributed by atoms with Crippen molar-refractivity contribution in [3.63, 3.8) is 0 Å². The van der Waals surface area contributed by atoms with Gasteiger partial charge in [-0.05, 0) is 18.4 Å². The Morgan fingerprint density at radius 3 is 2.37 bits per heavy atom. The first-order valence-corrected chi connectivity index (χ1v) is 9.60. The third-order valence-electron chi connectivity index (χ3n) is 5.47. The van der Waals surface area contributed by atoms with Gasteiger partial charge in [-0.3, -0.25) is 20.4 Å². The van der Waals surface area contributed by atoms with E-state index in [-0.39, 0.29) is 11.7 Å². The molecule has 148 valence electrons. The van der Waals surface area contributed by atoms with Crippen molar-refractivity contribution >= 4 is 44.5 Å². The van der Waals surface area contributed by atoms with E-state index in [4.69, 9.17) is 4.42 Å². The number of rotatable bonds is 2. The number of fused-ring (bicyclic) bond motifs is 4. The lowest BCUT2D eigenvalue weighted by Gasteiger charge is -2.05. The Balaban J connectivity index is 1.43. The van der Waals surface area contributed by atoms with Crippen LogP contribution in [0.5, 0.6) is 0 Å². The van der Waals surface area contributed by atoms with Crippen molar-refractivity contribution in [2.75, 3.05) is 0 Å². The zero-order chi connectivity index (χ0) is 20.8. The highest BCUT2D eigenvalue weighted by atomic mass is 16.3. The monoisotopic (exact) mass is 397 g/mol. The third-order valence-corrected chi connectivity index (χ3v) is 5.47. The van der Waals surface area contributed by atoms with Crippen LogP contribution in [0.25, 0.3) is 32.6 Å². The molecule has 3 aromatic carbocycles. The Kier molecular flexibility index (Phi) is 4.06. The van der Waals surface area contributed by atoms with Gasteiger partial charge in [0, 0.05) is 40.5 Å². The molecule has 2 amide bonds. The Labute approximate surface area is 172 Å². The SMILES string of the molecule is Cc1c(C(=O)NNC(=O)c2cn(C)c3ccccc23)oc2c1ccc1ccccc12. The van der Waals surface area contributed by atoms with Crippen LogP contribution in [0.1, 0.15) is 26.5 Å². The lowest BCUT2D eigenvalue weighted by atomic mass is 10.1. The van der Waals surface area contributed by atoms with Gasteiger partial charge in [0.15, 0.2) is 5.76 Å². The zero-order valence-electron chi connectivity index (χ0n) is 16.5. The van der Waals surface area contributed by atoms with Gasteiger partial charge in [0.2, 0.25) is 0 Å². The molecule has 0 bridgehead atoms. The van der Waals surface area contributed by atoms with Crippen molar-refractivity contribution in [3.05, 3.63) is 83.7 Å². The number of hydrogen-bond acceptors (Lipinski definition) is 3. The molecular weight excluding hydrogens is 378 g/mol. The first-order chi connectivity index (χ1) is 14.5. The number of carbonyl (C=O) groups excluding carboxylic acids is 2. The molecule has 0 aliphatic rings. The molecule has 2 N–H and O–H groups in total. The molecular formula is C24H19N3O3. The van der Waals surface area contributed by atoms with Crippen molar-refractivity contribution < 1.29 is 14.0 Å². The summed E-state index contributed by atoms with van der Waals surface area (Å²) in [7, 11) is 1.87. The first-order valence-electron chi connectivity index (χ1n) is 9.60. The van der Waals surface area contributed by atoms with Crippen LogP contribution in [0.15, 0.2) is 71.3 Å². The summed E-state index contributed by atoms with van der Waals surface area (Å²) in [5.41, 5.74) is 7.80. The van der Waals surface area contributed by atoms with E-state index in [1.807, 2.05) is 79.2 Å². The quantitative estimate of drug-likeness (QED) is 0.432. The molecule has 6 heteroatoms. The van der Waals surface area contributed by atoms with Crippen LogP contribution in [0, 0.1) is 6.92 Å². The number of nitrogens with one attached hydrogen (secondary N) is 2. The molecule has 0 unspecified atom stereocenters. The molecule has 30 heavy (non-hydrogen) atoms. The number of aromatic nitrogens is 1. The van der Waals surface area contributed by atoms with E-state index in [0.29, 0.717) is 11.1 Å². The summed E-state index contributed by atoms with van der Waals surface area (Å²) < 4.78 is 7.79. The highest BCUT2D eigenvalue weighted by Gasteiger charge is 2.20. The Morgan fingerprint density at radius 2 is 1.53 bits per heavy atom. The van der Waals surface area contributed by atoms with Crippen LogP contribution in [0.4, 0.5) is 0 Å². The van der Waals surface area contributed by atoms with E-state index >= 15 is 0 Å². The van der Waals surface area contributed by atoms with E-state index in [9.17, 15) is 9.59 Å². The van der Waals surface area contributed by atoms with E-state index in [1.165, 1.54) is 0 Å². The minimum absolute atomic E-state index is 0.180. The number of benzene rings is 3. The molecule has 0 atom stereocenters. The third kappa shape index (κ3) is 2.73. The van der Waals surface area contributed by atoms with Gasteiger partial charge in [0.1, 0.15) is 5.58 Å². The summed E-state index contributed by atoms with van der Waals surface area (Å²) in [4.78, 5) is 25.4. The van der Waals surface area contributed by atoms with Gasteiger partial charge in [0.25, 0.3) is 5.91 Å². The molecule has 0 spiro atoms. The Morgan fingerprint density at radius 1 is 0.833 bits per heavy atom. The lowest BCUT2D eigenvalue weighted by Crippen LogP contribution is -2.41. The highest BCUT2D eigenvalue weighted by Crippen LogP contribution is 2.31. The van der Waals surface area contributed by atoms with E-state index in [2.05, 4.69) is 10.9 Å². The van der Waals surface area contributed by atoms with Crippen molar-refractivity contribution in [1.82, 2.24) is 15.4 Å². The molecule has 2 aromatic heterocycles. The van der Waals surface area contributed by atoms with E-state index < -0.39 is 5.91 Å². The minimum atomic E-state index is -0.499. The normalized spacial score (nSPS) is 11.3. The molecule has 0 saturated heterocycles. The van der Waals surface area contributed by atoms with Crippen molar-refractivity contribution in [2.24, 2.45) is 7.05 Å². The summed E-state index contributed by atoms with van der Waals surface area (Å²) in [5, 5.41) is 3.67. The maximum atomic E-state index is 12.8. The van der Waals surface area contributed by atoms with Crippen LogP contribution in [-0.4, -0.2) is 16.4 Å². The van der Waals surface area contributed by atoms with Crippen LogP contribution >= 0.6 is 0 Å². The number of hydrogen-bond donors (Lipinski definition) is 2. The second kappa shape index (κ2) is 6.77. The van der Waals surface area contributed by atoms with Gasteiger partial charge in [-0.1, -0.05) is 54.6 Å². The zero-order valence-corrected chi connectivity index (χ0v) is 16.5. The topological polar surface area (TPSA) is 76.3 Å². The first kappa shape index (κ1) is 18.0. The summed E-state index contributed by atoms with van der Waals surface area (Å²) in [5.74, 6) is -0.708. The van der Waals surface area contributed by atoms with Crippen LogP contribution in [0.2, 0.25) is 0 Å². The van der Waals surface area contributed by atoms with Crippen molar-refractivity contribution in [2.45, 2.75) is 6.92 Å². The minimum Gasteiger partial charge on any atom is -0.450 e. The second-order valence-corrected chi connectivity index (χ2v) is 7.30. The molecule has 5 aromatic rings. The average molecular weight is 397 g/mol. The summed E-state index contributed by atoms with van der Waals surface area (Å²) in [6.45, 7) is 1.84. The second-order valence-electron chi connectivity index (χ2n) is 7.30. The summed E-state index contributed by atoms with van der Waals surface area (Å²) >= 11 is 0. The maximum absolute atomic E-state index is 12.8.